The van der Waals surface area contributed by atoms with Crippen molar-refractivity contribution in [3.63, 3.8) is 0 Å². The van der Waals surface area contributed by atoms with Gasteiger partial charge in [0.1, 0.15) is 6.54 Å². The molecule has 0 heterocycles. The number of nitrogens with one attached hydrogen (secondary N) is 1. The molecule has 0 bridgehead atoms. The van der Waals surface area contributed by atoms with Gasteiger partial charge in [0.2, 0.25) is 0 Å². The number of urea groups is 1. The number of nitrogens with zero attached hydrogens (tertiary/aromatic N) is 1. The highest BCUT2D eigenvalue weighted by Crippen LogP contribution is 1.93. The van der Waals surface area contributed by atoms with Crippen LogP contribution < -0.4 is 5.32 Å². The van der Waals surface area contributed by atoms with Crippen LogP contribution in [0.1, 0.15) is 0 Å². The molecule has 0 aliphatic carbocycles. The second kappa shape index (κ2) is 9.43. The first-order chi connectivity index (χ1) is 8.54. The summed E-state index contributed by atoms with van der Waals surface area (Å²) < 4.78 is 9.97. The summed E-state index contributed by atoms with van der Waals surface area (Å²) in [5.74, 6) is -1.08. The minimum atomic E-state index is -1.08. The van der Waals surface area contributed by atoms with Crippen molar-refractivity contribution in [3.8, 4) is 0 Å². The highest BCUT2D eigenvalue weighted by Gasteiger charge is 2.16. The van der Waals surface area contributed by atoms with Gasteiger partial charge in [0, 0.05) is 27.3 Å². The van der Waals surface area contributed by atoms with Crippen molar-refractivity contribution in [2.24, 2.45) is 0 Å². The van der Waals surface area contributed by atoms with E-state index >= 15 is 0 Å². The van der Waals surface area contributed by atoms with Crippen LogP contribution in [0, 0.1) is 0 Å². The summed E-state index contributed by atoms with van der Waals surface area (Å²) in [6.07, 6.45) is 1.19. The number of carbonyl (C=O) groups is 2. The zero-order valence-electron chi connectivity index (χ0n) is 10.7. The number of hydrogen-bond acceptors (Lipinski definition) is 4. The number of ether oxygens (including phenoxy) is 2. The smallest absolute Gasteiger partial charge is 0.323 e. The minimum absolute atomic E-state index is 0.167. The molecular weight excluding hydrogens is 240 g/mol. The van der Waals surface area contributed by atoms with Crippen LogP contribution in [-0.2, 0) is 14.3 Å². The molecule has 18 heavy (non-hydrogen) atoms. The Kier molecular flexibility index (Phi) is 8.59. The number of carbonyl (C=O) groups excluding carboxylic acids is 1. The molecule has 2 N–H and O–H groups in total. The quantitative estimate of drug-likeness (QED) is 0.567. The molecule has 7 heteroatoms. The molecule has 7 nitrogen and oxygen atoms in total. The first-order valence-electron chi connectivity index (χ1n) is 5.42. The van der Waals surface area contributed by atoms with Crippen molar-refractivity contribution < 1.29 is 24.2 Å². The van der Waals surface area contributed by atoms with Crippen molar-refractivity contribution in [3.05, 3.63) is 12.7 Å². The van der Waals surface area contributed by atoms with Crippen LogP contribution in [0.3, 0.4) is 0 Å². The van der Waals surface area contributed by atoms with Crippen LogP contribution in [0.4, 0.5) is 4.79 Å². The number of carboxylic acids is 1. The largest absolute Gasteiger partial charge is 0.480 e. The average molecular weight is 260 g/mol. The van der Waals surface area contributed by atoms with Gasteiger partial charge in [-0.1, -0.05) is 6.08 Å². The second-order valence-corrected chi connectivity index (χ2v) is 3.56. The highest BCUT2D eigenvalue weighted by molar-refractivity contribution is 5.80. The van der Waals surface area contributed by atoms with Gasteiger partial charge >= 0.3 is 12.0 Å². The normalized spacial score (nSPS) is 11.7. The first-order valence-corrected chi connectivity index (χ1v) is 5.42. The molecule has 2 amide bonds. The van der Waals surface area contributed by atoms with E-state index in [1.807, 2.05) is 0 Å². The first kappa shape index (κ1) is 16.4. The van der Waals surface area contributed by atoms with Gasteiger partial charge in [0.05, 0.1) is 12.7 Å². The fourth-order valence-electron chi connectivity index (χ4n) is 1.25. The van der Waals surface area contributed by atoms with Crippen LogP contribution in [0.25, 0.3) is 0 Å². The van der Waals surface area contributed by atoms with E-state index in [4.69, 9.17) is 14.6 Å². The van der Waals surface area contributed by atoms with E-state index in [2.05, 4.69) is 11.9 Å². The zero-order valence-corrected chi connectivity index (χ0v) is 10.7. The van der Waals surface area contributed by atoms with E-state index in [1.165, 1.54) is 20.3 Å². The molecule has 0 aliphatic heterocycles. The lowest BCUT2D eigenvalue weighted by atomic mass is 10.3. The molecule has 1 atom stereocenters. The van der Waals surface area contributed by atoms with E-state index in [-0.39, 0.29) is 25.7 Å². The van der Waals surface area contributed by atoms with Gasteiger partial charge in [-0.25, -0.2) is 4.79 Å². The third-order valence-electron chi connectivity index (χ3n) is 2.13. The SMILES string of the molecule is C=CCN(CC(=O)O)C(=O)NCC(COC)OC. The number of rotatable bonds is 9. The summed E-state index contributed by atoms with van der Waals surface area (Å²) in [7, 11) is 3.04. The lowest BCUT2D eigenvalue weighted by molar-refractivity contribution is -0.137. The maximum Gasteiger partial charge on any atom is 0.323 e. The number of aliphatic carboxylic acids is 1. The van der Waals surface area contributed by atoms with Crippen LogP contribution in [0.2, 0.25) is 0 Å². The summed E-state index contributed by atoms with van der Waals surface area (Å²) in [6, 6.07) is -0.476. The van der Waals surface area contributed by atoms with E-state index in [1.54, 1.807) is 0 Å². The van der Waals surface area contributed by atoms with Gasteiger partial charge < -0.3 is 24.8 Å². The Hall–Kier alpha value is -1.60. The van der Waals surface area contributed by atoms with Crippen molar-refractivity contribution in [2.75, 3.05) is 40.5 Å². The van der Waals surface area contributed by atoms with Gasteiger partial charge in [-0.3, -0.25) is 4.79 Å². The number of methoxy groups -OCH3 is 2. The Morgan fingerprint density at radius 3 is 2.61 bits per heavy atom. The van der Waals surface area contributed by atoms with Gasteiger partial charge in [-0.2, -0.15) is 0 Å². The van der Waals surface area contributed by atoms with E-state index in [9.17, 15) is 9.59 Å². The van der Waals surface area contributed by atoms with Crippen LogP contribution in [-0.4, -0.2) is 68.6 Å². The molecule has 104 valence electrons. The number of carboxylic acid groups (broad SMARTS) is 1. The number of hydrogen-bond donors (Lipinski definition) is 2. The summed E-state index contributed by atoms with van der Waals surface area (Å²) in [6.45, 7) is 3.85. The Balaban J connectivity index is 4.23. The second-order valence-electron chi connectivity index (χ2n) is 3.56. The molecular formula is C11H20N2O5. The lowest BCUT2D eigenvalue weighted by Gasteiger charge is -2.21. The molecule has 1 unspecified atom stereocenters. The standard InChI is InChI=1S/C11H20N2O5/c1-4-5-13(7-10(14)15)11(16)12-6-9(18-3)8-17-2/h4,9H,1,5-8H2,2-3H3,(H,12,16)(H,14,15). The summed E-state index contributed by atoms with van der Waals surface area (Å²) in [5, 5.41) is 11.2. The lowest BCUT2D eigenvalue weighted by Crippen LogP contribution is -2.46. The van der Waals surface area contributed by atoms with Crippen molar-refractivity contribution in [2.45, 2.75) is 6.10 Å². The predicted molar refractivity (Wildman–Crippen MR) is 65.5 cm³/mol. The average Bonchev–Trinajstić information content (AvgIpc) is 2.33. The number of amides is 2. The van der Waals surface area contributed by atoms with E-state index < -0.39 is 12.0 Å². The van der Waals surface area contributed by atoms with Gasteiger partial charge in [0.15, 0.2) is 0 Å². The Bertz CT molecular complexity index is 283. The molecule has 0 saturated carbocycles. The van der Waals surface area contributed by atoms with Crippen LogP contribution in [0.5, 0.6) is 0 Å². The monoisotopic (exact) mass is 260 g/mol. The fourth-order valence-corrected chi connectivity index (χ4v) is 1.25. The third kappa shape index (κ3) is 6.87. The van der Waals surface area contributed by atoms with Crippen molar-refractivity contribution in [1.82, 2.24) is 10.2 Å². The van der Waals surface area contributed by atoms with Crippen molar-refractivity contribution in [1.29, 1.82) is 0 Å². The van der Waals surface area contributed by atoms with Gasteiger partial charge in [0.25, 0.3) is 0 Å². The Morgan fingerprint density at radius 1 is 1.50 bits per heavy atom. The summed E-state index contributed by atoms with van der Waals surface area (Å²) in [5.41, 5.74) is 0. The maximum absolute atomic E-state index is 11.7. The minimum Gasteiger partial charge on any atom is -0.480 e. The predicted octanol–water partition coefficient (Wildman–Crippen LogP) is -0.0700. The fraction of sp³-hybridized carbons (Fsp3) is 0.636. The van der Waals surface area contributed by atoms with Crippen molar-refractivity contribution >= 4 is 12.0 Å². The summed E-state index contributed by atoms with van der Waals surface area (Å²) in [4.78, 5) is 23.4. The van der Waals surface area contributed by atoms with Gasteiger partial charge in [-0.05, 0) is 0 Å². The molecule has 0 aromatic heterocycles. The zero-order chi connectivity index (χ0) is 14.0. The highest BCUT2D eigenvalue weighted by atomic mass is 16.5. The maximum atomic E-state index is 11.7. The molecule has 0 rings (SSSR count). The molecule has 0 radical (unpaired) electrons. The van der Waals surface area contributed by atoms with E-state index in [0.717, 1.165) is 4.90 Å². The Labute approximate surface area is 106 Å². The molecule has 0 saturated heterocycles. The molecule has 0 spiro atoms. The topological polar surface area (TPSA) is 88.1 Å². The van der Waals surface area contributed by atoms with Gasteiger partial charge in [-0.15, -0.1) is 6.58 Å². The molecule has 0 aliphatic rings. The van der Waals surface area contributed by atoms with Crippen LogP contribution >= 0.6 is 0 Å². The third-order valence-corrected chi connectivity index (χ3v) is 2.13. The van der Waals surface area contributed by atoms with E-state index in [0.29, 0.717) is 6.61 Å². The molecule has 0 aromatic rings. The van der Waals surface area contributed by atoms with Crippen LogP contribution in [0.15, 0.2) is 12.7 Å². The summed E-state index contributed by atoms with van der Waals surface area (Å²) >= 11 is 0. The molecule has 0 aromatic carbocycles. The molecule has 0 fully saturated rings. The Morgan fingerprint density at radius 2 is 2.17 bits per heavy atom.